The number of nitrogen functional groups attached to an aromatic ring is 1. The van der Waals surface area contributed by atoms with Crippen molar-refractivity contribution in [2.45, 2.75) is 6.92 Å². The number of nitrogens with two attached hydrogens (primary N) is 1. The summed E-state index contributed by atoms with van der Waals surface area (Å²) in [5.74, 6) is 0.0311. The van der Waals surface area contributed by atoms with Crippen LogP contribution in [0.15, 0.2) is 41.2 Å². The van der Waals surface area contributed by atoms with Crippen LogP contribution < -0.4 is 5.73 Å². The maximum atomic E-state index is 13.8. The Morgan fingerprint density at radius 2 is 2.05 bits per heavy atom. The maximum absolute atomic E-state index is 13.8. The Hall–Kier alpha value is -2.76. The highest BCUT2D eigenvalue weighted by Gasteiger charge is 2.15. The highest BCUT2D eigenvalue weighted by molar-refractivity contribution is 5.64. The molecule has 5 nitrogen and oxygen atoms in total. The van der Waals surface area contributed by atoms with Gasteiger partial charge in [-0.3, -0.25) is 4.98 Å². The molecule has 6 heteroatoms. The molecule has 1 aromatic carbocycles. The van der Waals surface area contributed by atoms with Crippen LogP contribution in [0, 0.1) is 12.7 Å². The second-order valence-electron chi connectivity index (χ2n) is 4.35. The molecule has 100 valence electrons. The lowest BCUT2D eigenvalue weighted by Gasteiger charge is -1.99. The average Bonchev–Trinajstić information content (AvgIpc) is 2.91. The van der Waals surface area contributed by atoms with Crippen LogP contribution in [0.2, 0.25) is 0 Å². The van der Waals surface area contributed by atoms with E-state index in [1.807, 2.05) is 6.92 Å². The summed E-state index contributed by atoms with van der Waals surface area (Å²) in [6, 6.07) is 5.99. The van der Waals surface area contributed by atoms with Gasteiger partial charge in [-0.25, -0.2) is 4.39 Å². The minimum atomic E-state index is -0.458. The van der Waals surface area contributed by atoms with E-state index in [4.69, 9.17) is 10.3 Å². The fourth-order valence-electron chi connectivity index (χ4n) is 1.87. The summed E-state index contributed by atoms with van der Waals surface area (Å²) in [5, 5.41) is 3.87. The summed E-state index contributed by atoms with van der Waals surface area (Å²) in [5.41, 5.74) is 7.97. The molecule has 0 aliphatic carbocycles. The van der Waals surface area contributed by atoms with Gasteiger partial charge in [0, 0.05) is 23.6 Å². The van der Waals surface area contributed by atoms with Gasteiger partial charge in [-0.2, -0.15) is 4.98 Å². The van der Waals surface area contributed by atoms with E-state index in [1.54, 1.807) is 18.5 Å². The zero-order valence-electron chi connectivity index (χ0n) is 10.7. The van der Waals surface area contributed by atoms with Crippen LogP contribution in [0.5, 0.6) is 0 Å². The minimum Gasteiger partial charge on any atom is -0.399 e. The van der Waals surface area contributed by atoms with E-state index in [-0.39, 0.29) is 11.5 Å². The quantitative estimate of drug-likeness (QED) is 0.724. The monoisotopic (exact) mass is 270 g/mol. The second-order valence-corrected chi connectivity index (χ2v) is 4.35. The smallest absolute Gasteiger partial charge is 0.261 e. The summed E-state index contributed by atoms with van der Waals surface area (Å²) >= 11 is 0. The molecule has 0 bridgehead atoms. The summed E-state index contributed by atoms with van der Waals surface area (Å²) in [6.07, 6.45) is 3.34. The molecule has 0 amide bonds. The Labute approximate surface area is 114 Å². The molecule has 0 aliphatic rings. The number of aromatic nitrogens is 3. The van der Waals surface area contributed by atoms with Crippen molar-refractivity contribution in [3.8, 4) is 22.8 Å². The van der Waals surface area contributed by atoms with Crippen molar-refractivity contribution in [2.24, 2.45) is 0 Å². The van der Waals surface area contributed by atoms with Crippen LogP contribution in [0.3, 0.4) is 0 Å². The van der Waals surface area contributed by atoms with Crippen molar-refractivity contribution in [3.63, 3.8) is 0 Å². The number of aryl methyl sites for hydroxylation is 1. The predicted octanol–water partition coefficient (Wildman–Crippen LogP) is 2.83. The molecule has 0 atom stereocenters. The van der Waals surface area contributed by atoms with Gasteiger partial charge in [-0.05, 0) is 36.8 Å². The number of hydrogen-bond acceptors (Lipinski definition) is 5. The number of rotatable bonds is 2. The predicted molar refractivity (Wildman–Crippen MR) is 72.1 cm³/mol. The molecule has 2 N–H and O–H groups in total. The molecule has 0 saturated carbocycles. The molecule has 0 aliphatic heterocycles. The van der Waals surface area contributed by atoms with Crippen molar-refractivity contribution < 1.29 is 8.91 Å². The van der Waals surface area contributed by atoms with E-state index < -0.39 is 5.82 Å². The van der Waals surface area contributed by atoms with Crippen molar-refractivity contribution >= 4 is 5.69 Å². The molecule has 0 unspecified atom stereocenters. The molecule has 0 saturated heterocycles. The topological polar surface area (TPSA) is 77.8 Å². The molecular weight excluding hydrogens is 259 g/mol. The van der Waals surface area contributed by atoms with Gasteiger partial charge in [0.2, 0.25) is 5.82 Å². The third kappa shape index (κ3) is 2.11. The molecule has 2 heterocycles. The largest absolute Gasteiger partial charge is 0.399 e. The fraction of sp³-hybridized carbons (Fsp3) is 0.0714. The third-order valence-electron chi connectivity index (χ3n) is 2.91. The number of anilines is 1. The van der Waals surface area contributed by atoms with E-state index in [0.29, 0.717) is 11.5 Å². The summed E-state index contributed by atoms with van der Waals surface area (Å²) in [7, 11) is 0. The summed E-state index contributed by atoms with van der Waals surface area (Å²) in [6.45, 7) is 1.89. The Balaban J connectivity index is 2.07. The first kappa shape index (κ1) is 12.3. The van der Waals surface area contributed by atoms with E-state index in [0.717, 1.165) is 11.1 Å². The van der Waals surface area contributed by atoms with Crippen LogP contribution in [0.1, 0.15) is 5.56 Å². The number of benzene rings is 1. The lowest BCUT2D eigenvalue weighted by Crippen LogP contribution is -1.90. The van der Waals surface area contributed by atoms with Gasteiger partial charge in [0.15, 0.2) is 0 Å². The first-order valence-electron chi connectivity index (χ1n) is 5.95. The lowest BCUT2D eigenvalue weighted by molar-refractivity contribution is 0.429. The number of hydrogen-bond donors (Lipinski definition) is 1. The molecule has 0 fully saturated rings. The van der Waals surface area contributed by atoms with Crippen LogP contribution >= 0.6 is 0 Å². The van der Waals surface area contributed by atoms with Crippen LogP contribution in [-0.2, 0) is 0 Å². The first-order chi connectivity index (χ1) is 9.65. The highest BCUT2D eigenvalue weighted by Crippen LogP contribution is 2.26. The van der Waals surface area contributed by atoms with Crippen LogP contribution in [0.4, 0.5) is 10.1 Å². The Kier molecular flexibility index (Phi) is 2.90. The normalized spacial score (nSPS) is 10.7. The Bertz CT molecular complexity index is 769. The molecule has 3 rings (SSSR count). The zero-order chi connectivity index (χ0) is 14.1. The fourth-order valence-corrected chi connectivity index (χ4v) is 1.87. The van der Waals surface area contributed by atoms with E-state index >= 15 is 0 Å². The number of halogens is 1. The van der Waals surface area contributed by atoms with Gasteiger partial charge in [0.05, 0.1) is 5.56 Å². The van der Waals surface area contributed by atoms with Crippen LogP contribution in [0.25, 0.3) is 22.8 Å². The van der Waals surface area contributed by atoms with Crippen LogP contribution in [-0.4, -0.2) is 15.1 Å². The van der Waals surface area contributed by atoms with Crippen molar-refractivity contribution in [1.29, 1.82) is 0 Å². The first-order valence-corrected chi connectivity index (χ1v) is 5.95. The van der Waals surface area contributed by atoms with Gasteiger partial charge in [-0.1, -0.05) is 5.16 Å². The third-order valence-corrected chi connectivity index (χ3v) is 2.91. The summed E-state index contributed by atoms with van der Waals surface area (Å²) in [4.78, 5) is 8.21. The molecule has 0 spiro atoms. The molecular formula is C14H11FN4O. The average molecular weight is 270 g/mol. The zero-order valence-corrected chi connectivity index (χ0v) is 10.7. The molecule has 20 heavy (non-hydrogen) atoms. The van der Waals surface area contributed by atoms with Gasteiger partial charge in [0.1, 0.15) is 5.82 Å². The van der Waals surface area contributed by atoms with Crippen molar-refractivity contribution in [3.05, 3.63) is 48.0 Å². The Morgan fingerprint density at radius 1 is 1.20 bits per heavy atom. The molecule has 3 aromatic rings. The second kappa shape index (κ2) is 4.73. The minimum absolute atomic E-state index is 0.0982. The van der Waals surface area contributed by atoms with Crippen molar-refractivity contribution in [2.75, 3.05) is 5.73 Å². The Morgan fingerprint density at radius 3 is 2.85 bits per heavy atom. The highest BCUT2D eigenvalue weighted by atomic mass is 19.1. The van der Waals surface area contributed by atoms with Gasteiger partial charge in [0.25, 0.3) is 5.89 Å². The number of nitrogens with zero attached hydrogens (tertiary/aromatic N) is 3. The number of pyridine rings is 1. The van der Waals surface area contributed by atoms with Crippen molar-refractivity contribution in [1.82, 2.24) is 15.1 Å². The summed E-state index contributed by atoms with van der Waals surface area (Å²) < 4.78 is 18.9. The molecule has 0 radical (unpaired) electrons. The van der Waals surface area contributed by atoms with Gasteiger partial charge >= 0.3 is 0 Å². The maximum Gasteiger partial charge on any atom is 0.261 e. The standard InChI is InChI=1S/C14H11FN4O/c1-8-7-17-5-4-10(8)13-18-14(20-19-13)11-6-9(16)2-3-12(11)15/h2-7H,16H2,1H3. The lowest BCUT2D eigenvalue weighted by atomic mass is 10.1. The molecule has 2 aromatic heterocycles. The van der Waals surface area contributed by atoms with E-state index in [9.17, 15) is 4.39 Å². The SMILES string of the molecule is Cc1cnccc1-c1noc(-c2cc(N)ccc2F)n1. The van der Waals surface area contributed by atoms with Gasteiger partial charge < -0.3 is 10.3 Å². The van der Waals surface area contributed by atoms with E-state index in [2.05, 4.69) is 15.1 Å². The van der Waals surface area contributed by atoms with E-state index in [1.165, 1.54) is 18.2 Å². The van der Waals surface area contributed by atoms with Gasteiger partial charge in [-0.15, -0.1) is 0 Å².